The van der Waals surface area contributed by atoms with E-state index in [1.807, 2.05) is 0 Å². The fourth-order valence-electron chi connectivity index (χ4n) is 1.96. The van der Waals surface area contributed by atoms with Gasteiger partial charge in [-0.1, -0.05) is 25.9 Å². The second-order valence-corrected chi connectivity index (χ2v) is 5.11. The van der Waals surface area contributed by atoms with Gasteiger partial charge in [0.1, 0.15) is 0 Å². The Labute approximate surface area is 103 Å². The molecule has 4 nitrogen and oxygen atoms in total. The van der Waals surface area contributed by atoms with Gasteiger partial charge in [-0.15, -0.1) is 0 Å². The number of aromatic nitrogens is 1. The van der Waals surface area contributed by atoms with Crippen molar-refractivity contribution >= 4 is 0 Å². The number of rotatable bonds is 7. The summed E-state index contributed by atoms with van der Waals surface area (Å²) in [4.78, 5) is 2.46. The van der Waals surface area contributed by atoms with Crippen LogP contribution in [0.4, 0.5) is 0 Å². The highest BCUT2D eigenvalue weighted by Crippen LogP contribution is 2.27. The highest BCUT2D eigenvalue weighted by atomic mass is 16.5. The maximum absolute atomic E-state index is 5.38. The van der Waals surface area contributed by atoms with Crippen molar-refractivity contribution in [2.75, 3.05) is 6.54 Å². The van der Waals surface area contributed by atoms with Crippen LogP contribution in [0.25, 0.3) is 0 Å². The Bertz CT molecular complexity index is 344. The topological polar surface area (TPSA) is 41.3 Å². The molecule has 0 spiro atoms. The molecule has 2 rings (SSSR count). The molecule has 1 N–H and O–H groups in total. The van der Waals surface area contributed by atoms with Gasteiger partial charge in [0.2, 0.25) is 0 Å². The van der Waals surface area contributed by atoms with Crippen LogP contribution in [-0.2, 0) is 13.1 Å². The molecule has 0 aliphatic heterocycles. The third-order valence-corrected chi connectivity index (χ3v) is 3.13. The molecule has 1 fully saturated rings. The molecule has 0 bridgehead atoms. The van der Waals surface area contributed by atoms with E-state index in [0.717, 1.165) is 37.1 Å². The predicted molar refractivity (Wildman–Crippen MR) is 67.6 cm³/mol. The van der Waals surface area contributed by atoms with Crippen LogP contribution in [0.1, 0.15) is 45.1 Å². The molecule has 0 unspecified atom stereocenters. The van der Waals surface area contributed by atoms with Crippen molar-refractivity contribution in [3.05, 3.63) is 17.5 Å². The standard InChI is InChI=1S/C13H23N3O/c1-4-16(12-5-6-12)9-13-7-11(15-17-13)8-14-10(2)3/h7,10,12,14H,4-6,8-9H2,1-3H3. The summed E-state index contributed by atoms with van der Waals surface area (Å²) in [5.41, 5.74) is 1.00. The van der Waals surface area contributed by atoms with E-state index in [-0.39, 0.29) is 0 Å². The van der Waals surface area contributed by atoms with Crippen LogP contribution in [0.15, 0.2) is 10.6 Å². The summed E-state index contributed by atoms with van der Waals surface area (Å²) in [6, 6.07) is 3.33. The first-order valence-corrected chi connectivity index (χ1v) is 6.61. The summed E-state index contributed by atoms with van der Waals surface area (Å²) in [7, 11) is 0. The summed E-state index contributed by atoms with van der Waals surface area (Å²) < 4.78 is 5.38. The number of nitrogens with zero attached hydrogens (tertiary/aromatic N) is 2. The van der Waals surface area contributed by atoms with Gasteiger partial charge in [0, 0.05) is 24.7 Å². The highest BCUT2D eigenvalue weighted by molar-refractivity contribution is 5.06. The van der Waals surface area contributed by atoms with Gasteiger partial charge in [0.15, 0.2) is 5.76 Å². The van der Waals surface area contributed by atoms with E-state index in [1.165, 1.54) is 12.8 Å². The minimum atomic E-state index is 0.480. The molecular formula is C13H23N3O. The lowest BCUT2D eigenvalue weighted by Gasteiger charge is -2.17. The van der Waals surface area contributed by atoms with Crippen LogP contribution in [0, 0.1) is 0 Å². The average Bonchev–Trinajstić information content (AvgIpc) is 3.04. The van der Waals surface area contributed by atoms with Crippen LogP contribution in [0.5, 0.6) is 0 Å². The summed E-state index contributed by atoms with van der Waals surface area (Å²) in [5, 5.41) is 7.43. The van der Waals surface area contributed by atoms with Gasteiger partial charge in [0.25, 0.3) is 0 Å². The van der Waals surface area contributed by atoms with Gasteiger partial charge in [-0.3, -0.25) is 4.90 Å². The second kappa shape index (κ2) is 5.65. The van der Waals surface area contributed by atoms with Crippen molar-refractivity contribution in [3.8, 4) is 0 Å². The van der Waals surface area contributed by atoms with E-state index in [0.29, 0.717) is 6.04 Å². The Morgan fingerprint density at radius 1 is 1.53 bits per heavy atom. The lowest BCUT2D eigenvalue weighted by atomic mass is 10.3. The number of nitrogens with one attached hydrogen (secondary N) is 1. The average molecular weight is 237 g/mol. The van der Waals surface area contributed by atoms with Crippen molar-refractivity contribution in [3.63, 3.8) is 0 Å². The smallest absolute Gasteiger partial charge is 0.151 e. The van der Waals surface area contributed by atoms with Gasteiger partial charge in [-0.05, 0) is 19.4 Å². The van der Waals surface area contributed by atoms with Gasteiger partial charge < -0.3 is 9.84 Å². The molecule has 0 radical (unpaired) electrons. The third kappa shape index (κ3) is 3.82. The zero-order valence-electron chi connectivity index (χ0n) is 11.1. The molecule has 1 heterocycles. The van der Waals surface area contributed by atoms with Crippen molar-refractivity contribution in [2.24, 2.45) is 0 Å². The zero-order chi connectivity index (χ0) is 12.3. The Hall–Kier alpha value is -0.870. The molecule has 0 amide bonds. The van der Waals surface area contributed by atoms with Gasteiger partial charge >= 0.3 is 0 Å². The van der Waals surface area contributed by atoms with Gasteiger partial charge in [-0.2, -0.15) is 0 Å². The fraction of sp³-hybridized carbons (Fsp3) is 0.769. The maximum Gasteiger partial charge on any atom is 0.151 e. The summed E-state index contributed by atoms with van der Waals surface area (Å²) in [6.45, 7) is 9.24. The molecule has 1 aliphatic carbocycles. The molecule has 0 atom stereocenters. The monoisotopic (exact) mass is 237 g/mol. The minimum absolute atomic E-state index is 0.480. The molecule has 1 saturated carbocycles. The summed E-state index contributed by atoms with van der Waals surface area (Å²) >= 11 is 0. The van der Waals surface area contributed by atoms with Crippen molar-refractivity contribution in [2.45, 2.75) is 58.8 Å². The first-order chi connectivity index (χ1) is 8.19. The molecule has 0 aromatic carbocycles. The largest absolute Gasteiger partial charge is 0.360 e. The van der Waals surface area contributed by atoms with Crippen molar-refractivity contribution < 1.29 is 4.52 Å². The maximum atomic E-state index is 5.38. The van der Waals surface area contributed by atoms with Gasteiger partial charge in [0.05, 0.1) is 12.2 Å². The van der Waals surface area contributed by atoms with Crippen LogP contribution in [0.3, 0.4) is 0 Å². The fourth-order valence-corrected chi connectivity index (χ4v) is 1.96. The summed E-state index contributed by atoms with van der Waals surface area (Å²) in [5.74, 6) is 0.985. The van der Waals surface area contributed by atoms with E-state index in [1.54, 1.807) is 0 Å². The molecule has 17 heavy (non-hydrogen) atoms. The van der Waals surface area contributed by atoms with E-state index in [2.05, 4.69) is 42.2 Å². The molecular weight excluding hydrogens is 214 g/mol. The quantitative estimate of drug-likeness (QED) is 0.789. The minimum Gasteiger partial charge on any atom is -0.360 e. The normalized spacial score (nSPS) is 16.1. The van der Waals surface area contributed by atoms with Crippen molar-refractivity contribution in [1.82, 2.24) is 15.4 Å². The van der Waals surface area contributed by atoms with E-state index in [4.69, 9.17) is 4.52 Å². The van der Waals surface area contributed by atoms with Crippen LogP contribution < -0.4 is 5.32 Å². The zero-order valence-corrected chi connectivity index (χ0v) is 11.1. The Kier molecular flexibility index (Phi) is 4.18. The van der Waals surface area contributed by atoms with Crippen molar-refractivity contribution in [1.29, 1.82) is 0 Å². The number of hydrogen-bond donors (Lipinski definition) is 1. The van der Waals surface area contributed by atoms with E-state index in [9.17, 15) is 0 Å². The first-order valence-electron chi connectivity index (χ1n) is 6.61. The molecule has 1 aromatic heterocycles. The second-order valence-electron chi connectivity index (χ2n) is 5.11. The molecule has 0 saturated heterocycles. The Morgan fingerprint density at radius 2 is 2.29 bits per heavy atom. The predicted octanol–water partition coefficient (Wildman–Crippen LogP) is 2.16. The molecule has 96 valence electrons. The highest BCUT2D eigenvalue weighted by Gasteiger charge is 2.28. The molecule has 1 aromatic rings. The van der Waals surface area contributed by atoms with Crippen LogP contribution >= 0.6 is 0 Å². The first kappa shape index (κ1) is 12.6. The van der Waals surface area contributed by atoms with Gasteiger partial charge in [-0.25, -0.2) is 0 Å². The Morgan fingerprint density at radius 3 is 2.88 bits per heavy atom. The lowest BCUT2D eigenvalue weighted by Crippen LogP contribution is -2.24. The SMILES string of the molecule is CCN(Cc1cc(CNC(C)C)no1)C1CC1. The lowest BCUT2D eigenvalue weighted by molar-refractivity contribution is 0.232. The Balaban J connectivity index is 1.84. The molecule has 4 heteroatoms. The summed E-state index contributed by atoms with van der Waals surface area (Å²) in [6.07, 6.45) is 2.67. The third-order valence-electron chi connectivity index (χ3n) is 3.13. The van der Waals surface area contributed by atoms with Crippen LogP contribution in [0.2, 0.25) is 0 Å². The number of hydrogen-bond acceptors (Lipinski definition) is 4. The van der Waals surface area contributed by atoms with E-state index >= 15 is 0 Å². The van der Waals surface area contributed by atoms with Crippen LogP contribution in [-0.4, -0.2) is 28.7 Å². The molecule has 1 aliphatic rings. The van der Waals surface area contributed by atoms with E-state index < -0.39 is 0 Å².